The van der Waals surface area contributed by atoms with Crippen molar-refractivity contribution in [3.8, 4) is 11.5 Å². The Labute approximate surface area is 151 Å². The summed E-state index contributed by atoms with van der Waals surface area (Å²) >= 11 is 0. The fourth-order valence-electron chi connectivity index (χ4n) is 3.99. The Bertz CT molecular complexity index is 763. The first-order valence-electron chi connectivity index (χ1n) is 9.22. The minimum atomic E-state index is -2.86. The normalized spacial score (nSPS) is 20.2. The van der Waals surface area contributed by atoms with Gasteiger partial charge in [0.15, 0.2) is 11.5 Å². The summed E-state index contributed by atoms with van der Waals surface area (Å²) in [6.45, 7) is -2.86. The second-order valence-electron chi connectivity index (χ2n) is 7.04. The van der Waals surface area contributed by atoms with E-state index in [0.29, 0.717) is 11.7 Å². The number of rotatable bonds is 5. The summed E-state index contributed by atoms with van der Waals surface area (Å²) in [7, 11) is 0. The Morgan fingerprint density at radius 1 is 1.08 bits per heavy atom. The van der Waals surface area contributed by atoms with Crippen LogP contribution in [0.3, 0.4) is 0 Å². The molecule has 138 valence electrons. The monoisotopic (exact) mass is 360 g/mol. The topological polar surface area (TPSA) is 44.2 Å². The highest BCUT2D eigenvalue weighted by Gasteiger charge is 2.24. The molecule has 4 nitrogen and oxygen atoms in total. The Kier molecular flexibility index (Phi) is 5.00. The fourth-order valence-corrected chi connectivity index (χ4v) is 3.99. The summed E-state index contributed by atoms with van der Waals surface area (Å²) in [5.74, 6) is 0.861. The van der Waals surface area contributed by atoms with Crippen molar-refractivity contribution in [2.75, 3.05) is 0 Å². The van der Waals surface area contributed by atoms with Crippen LogP contribution in [-0.2, 0) is 12.8 Å². The summed E-state index contributed by atoms with van der Waals surface area (Å²) in [5.41, 5.74) is 3.36. The highest BCUT2D eigenvalue weighted by atomic mass is 19.3. The number of hydrogen-bond acceptors (Lipinski definition) is 4. The van der Waals surface area contributed by atoms with Crippen LogP contribution in [0.5, 0.6) is 11.5 Å². The molecule has 1 aromatic carbocycles. The van der Waals surface area contributed by atoms with Gasteiger partial charge in [-0.2, -0.15) is 8.78 Å². The Balaban J connectivity index is 1.58. The first-order chi connectivity index (χ1) is 12.7. The van der Waals surface area contributed by atoms with Gasteiger partial charge in [-0.25, -0.2) is 9.97 Å². The molecule has 1 saturated carbocycles. The van der Waals surface area contributed by atoms with Crippen LogP contribution in [0, 0.1) is 0 Å². The molecule has 0 spiro atoms. The van der Waals surface area contributed by atoms with Crippen molar-refractivity contribution in [3.63, 3.8) is 0 Å². The first kappa shape index (κ1) is 17.2. The van der Waals surface area contributed by atoms with E-state index < -0.39 is 6.61 Å². The predicted octanol–water partition coefficient (Wildman–Crippen LogP) is 4.67. The van der Waals surface area contributed by atoms with Gasteiger partial charge in [-0.3, -0.25) is 0 Å². The lowest BCUT2D eigenvalue weighted by Crippen LogP contribution is -2.16. The number of fused-ring (bicyclic) bond motifs is 1. The molecule has 0 amide bonds. The van der Waals surface area contributed by atoms with Crippen LogP contribution in [0.4, 0.5) is 8.78 Å². The molecule has 2 aliphatic rings. The van der Waals surface area contributed by atoms with Crippen molar-refractivity contribution in [2.45, 2.75) is 63.6 Å². The molecule has 1 fully saturated rings. The van der Waals surface area contributed by atoms with Gasteiger partial charge in [0.1, 0.15) is 6.33 Å². The number of aromatic nitrogens is 2. The van der Waals surface area contributed by atoms with Gasteiger partial charge >= 0.3 is 6.61 Å². The van der Waals surface area contributed by atoms with Crippen molar-refractivity contribution in [1.82, 2.24) is 9.97 Å². The van der Waals surface area contributed by atoms with Crippen molar-refractivity contribution >= 4 is 0 Å². The maximum absolute atomic E-state index is 12.7. The maximum Gasteiger partial charge on any atom is 0.387 e. The van der Waals surface area contributed by atoms with Crippen molar-refractivity contribution in [3.05, 3.63) is 47.5 Å². The number of aryl methyl sites for hydroxylation is 1. The van der Waals surface area contributed by atoms with Gasteiger partial charge in [0.2, 0.25) is 0 Å². The average Bonchev–Trinajstić information content (AvgIpc) is 3.15. The maximum atomic E-state index is 12.7. The SMILES string of the molecule is FC(F)Oc1ccc(C2CCc3ncncc3C2)cc1OC1CCCC1. The first-order valence-corrected chi connectivity index (χ1v) is 9.22. The van der Waals surface area contributed by atoms with Gasteiger partial charge in [0, 0.05) is 11.9 Å². The van der Waals surface area contributed by atoms with E-state index in [2.05, 4.69) is 14.7 Å². The standard InChI is InChI=1S/C20H22F2N2O2/c21-20(22)26-18-8-6-14(10-19(18)25-16-3-1-2-4-16)13-5-7-17-15(9-13)11-23-12-24-17/h6,8,10-13,16,20H,1-5,7,9H2. The summed E-state index contributed by atoms with van der Waals surface area (Å²) in [6, 6.07) is 5.37. The molecule has 1 atom stereocenters. The molecule has 0 bridgehead atoms. The summed E-state index contributed by atoms with van der Waals surface area (Å²) in [5, 5.41) is 0. The zero-order valence-corrected chi connectivity index (χ0v) is 14.5. The number of alkyl halides is 2. The molecule has 0 radical (unpaired) electrons. The Hall–Kier alpha value is -2.24. The zero-order valence-electron chi connectivity index (χ0n) is 14.5. The number of hydrogen-bond donors (Lipinski definition) is 0. The second kappa shape index (κ2) is 7.56. The molecule has 2 aromatic rings. The van der Waals surface area contributed by atoms with Gasteiger partial charge in [-0.15, -0.1) is 0 Å². The van der Waals surface area contributed by atoms with Crippen LogP contribution in [0.2, 0.25) is 0 Å². The molecule has 26 heavy (non-hydrogen) atoms. The molecule has 1 aromatic heterocycles. The summed E-state index contributed by atoms with van der Waals surface area (Å²) < 4.78 is 36.2. The molecule has 0 aliphatic heterocycles. The minimum absolute atomic E-state index is 0.0887. The summed E-state index contributed by atoms with van der Waals surface area (Å²) in [4.78, 5) is 8.46. The van der Waals surface area contributed by atoms with E-state index in [1.165, 1.54) is 0 Å². The Morgan fingerprint density at radius 3 is 2.73 bits per heavy atom. The largest absolute Gasteiger partial charge is 0.487 e. The third kappa shape index (κ3) is 3.79. The van der Waals surface area contributed by atoms with Crippen LogP contribution in [0.1, 0.15) is 54.8 Å². The van der Waals surface area contributed by atoms with Gasteiger partial charge in [0.05, 0.1) is 6.10 Å². The van der Waals surface area contributed by atoms with Crippen LogP contribution >= 0.6 is 0 Å². The van der Waals surface area contributed by atoms with Crippen LogP contribution < -0.4 is 9.47 Å². The highest BCUT2D eigenvalue weighted by Crippen LogP contribution is 2.38. The minimum Gasteiger partial charge on any atom is -0.487 e. The van der Waals surface area contributed by atoms with E-state index in [1.807, 2.05) is 18.3 Å². The lowest BCUT2D eigenvalue weighted by Gasteiger charge is -2.25. The molecule has 0 N–H and O–H groups in total. The predicted molar refractivity (Wildman–Crippen MR) is 92.8 cm³/mol. The van der Waals surface area contributed by atoms with Gasteiger partial charge < -0.3 is 9.47 Å². The molecule has 4 rings (SSSR count). The van der Waals surface area contributed by atoms with Crippen LogP contribution in [-0.4, -0.2) is 22.7 Å². The van der Waals surface area contributed by atoms with Crippen molar-refractivity contribution in [1.29, 1.82) is 0 Å². The lowest BCUT2D eigenvalue weighted by atomic mass is 9.82. The van der Waals surface area contributed by atoms with Crippen molar-refractivity contribution < 1.29 is 18.3 Å². The second-order valence-corrected chi connectivity index (χ2v) is 7.04. The average molecular weight is 360 g/mol. The van der Waals surface area contributed by atoms with Crippen LogP contribution in [0.25, 0.3) is 0 Å². The van der Waals surface area contributed by atoms with Crippen LogP contribution in [0.15, 0.2) is 30.7 Å². The van der Waals surface area contributed by atoms with Gasteiger partial charge in [-0.1, -0.05) is 6.07 Å². The third-order valence-corrected chi connectivity index (χ3v) is 5.33. The third-order valence-electron chi connectivity index (χ3n) is 5.33. The molecular weight excluding hydrogens is 338 g/mol. The van der Waals surface area contributed by atoms with E-state index in [0.717, 1.165) is 61.8 Å². The molecule has 1 unspecified atom stereocenters. The lowest BCUT2D eigenvalue weighted by molar-refractivity contribution is -0.0520. The van der Waals surface area contributed by atoms with Crippen molar-refractivity contribution in [2.24, 2.45) is 0 Å². The zero-order chi connectivity index (χ0) is 17.9. The van der Waals surface area contributed by atoms with E-state index in [4.69, 9.17) is 4.74 Å². The molecule has 6 heteroatoms. The number of halogens is 2. The van der Waals surface area contributed by atoms with E-state index >= 15 is 0 Å². The number of benzene rings is 1. The Morgan fingerprint density at radius 2 is 1.92 bits per heavy atom. The summed E-state index contributed by atoms with van der Waals surface area (Å²) in [6.07, 6.45) is 10.4. The van der Waals surface area contributed by atoms with E-state index in [-0.39, 0.29) is 11.9 Å². The number of nitrogens with zero attached hydrogens (tertiary/aromatic N) is 2. The molecule has 2 aliphatic carbocycles. The van der Waals surface area contributed by atoms with Gasteiger partial charge in [-0.05, 0) is 74.1 Å². The number of ether oxygens (including phenoxy) is 2. The fraction of sp³-hybridized carbons (Fsp3) is 0.500. The van der Waals surface area contributed by atoms with E-state index in [1.54, 1.807) is 12.4 Å². The highest BCUT2D eigenvalue weighted by molar-refractivity contribution is 5.45. The smallest absolute Gasteiger partial charge is 0.387 e. The van der Waals surface area contributed by atoms with E-state index in [9.17, 15) is 8.78 Å². The molecular formula is C20H22F2N2O2. The molecule has 1 heterocycles. The molecule has 0 saturated heterocycles. The van der Waals surface area contributed by atoms with Gasteiger partial charge in [0.25, 0.3) is 0 Å². The quantitative estimate of drug-likeness (QED) is 0.777.